The van der Waals surface area contributed by atoms with Crippen molar-refractivity contribution >= 4 is 6.09 Å². The fourth-order valence-corrected chi connectivity index (χ4v) is 2.34. The van der Waals surface area contributed by atoms with Crippen LogP contribution in [0.5, 0.6) is 0 Å². The van der Waals surface area contributed by atoms with Crippen molar-refractivity contribution in [3.63, 3.8) is 0 Å². The van der Waals surface area contributed by atoms with E-state index in [9.17, 15) is 9.90 Å². The molecule has 1 amide bonds. The van der Waals surface area contributed by atoms with Crippen molar-refractivity contribution in [2.75, 3.05) is 13.2 Å². The fourth-order valence-electron chi connectivity index (χ4n) is 2.34. The number of aliphatic hydroxyl groups is 1. The first-order chi connectivity index (χ1) is 6.35. The Balaban J connectivity index is 3.04. The van der Waals surface area contributed by atoms with Gasteiger partial charge in [0.1, 0.15) is 0 Å². The number of aliphatic hydroxyl groups excluding tert-OH is 1. The Labute approximate surface area is 84.5 Å². The van der Waals surface area contributed by atoms with E-state index in [0.717, 1.165) is 12.8 Å². The molecule has 82 valence electrons. The predicted octanol–water partition coefficient (Wildman–Crippen LogP) is 1.54. The smallest absolute Gasteiger partial charge is 0.407 e. The second kappa shape index (κ2) is 3.42. The maximum atomic E-state index is 11.0. The van der Waals surface area contributed by atoms with Crippen LogP contribution in [0.2, 0.25) is 0 Å². The maximum Gasteiger partial charge on any atom is 0.407 e. The van der Waals surface area contributed by atoms with Crippen molar-refractivity contribution in [2.45, 2.75) is 39.2 Å². The number of hydrogen-bond donors (Lipinski definition) is 2. The van der Waals surface area contributed by atoms with Gasteiger partial charge in [-0.05, 0) is 18.3 Å². The Kier molecular flexibility index (Phi) is 2.76. The quantitative estimate of drug-likeness (QED) is 0.676. The zero-order chi connectivity index (χ0) is 11.0. The van der Waals surface area contributed by atoms with Crippen LogP contribution in [-0.2, 0) is 0 Å². The van der Waals surface area contributed by atoms with Gasteiger partial charge >= 0.3 is 6.09 Å². The molecule has 4 nitrogen and oxygen atoms in total. The zero-order valence-electron chi connectivity index (χ0n) is 9.08. The molecule has 4 heteroatoms. The molecule has 1 fully saturated rings. The number of amides is 1. The van der Waals surface area contributed by atoms with E-state index in [1.807, 2.05) is 20.8 Å². The number of carboxylic acid groups (broad SMARTS) is 1. The Morgan fingerprint density at radius 1 is 1.50 bits per heavy atom. The highest BCUT2D eigenvalue weighted by Gasteiger charge is 2.51. The largest absolute Gasteiger partial charge is 0.465 e. The third-order valence-electron chi connectivity index (χ3n) is 3.38. The van der Waals surface area contributed by atoms with E-state index < -0.39 is 11.6 Å². The molecule has 1 atom stereocenters. The van der Waals surface area contributed by atoms with E-state index in [1.165, 1.54) is 4.90 Å². The van der Waals surface area contributed by atoms with Crippen LogP contribution in [0, 0.1) is 5.41 Å². The van der Waals surface area contributed by atoms with Gasteiger partial charge in [0.25, 0.3) is 0 Å². The van der Waals surface area contributed by atoms with Crippen molar-refractivity contribution in [1.29, 1.82) is 0 Å². The monoisotopic (exact) mass is 201 g/mol. The summed E-state index contributed by atoms with van der Waals surface area (Å²) in [7, 11) is 0. The summed E-state index contributed by atoms with van der Waals surface area (Å²) in [5.74, 6) is 0. The van der Waals surface area contributed by atoms with E-state index >= 15 is 0 Å². The van der Waals surface area contributed by atoms with E-state index in [4.69, 9.17) is 5.11 Å². The molecule has 1 saturated heterocycles. The van der Waals surface area contributed by atoms with Gasteiger partial charge in [-0.25, -0.2) is 4.79 Å². The lowest BCUT2D eigenvalue weighted by Gasteiger charge is -2.45. The summed E-state index contributed by atoms with van der Waals surface area (Å²) >= 11 is 0. The SMILES string of the molecule is CC(C)(C)[C@]1(CO)CCCN1C(=O)O. The summed E-state index contributed by atoms with van der Waals surface area (Å²) in [5.41, 5.74) is -0.824. The first-order valence-corrected chi connectivity index (χ1v) is 4.96. The molecule has 1 aliphatic heterocycles. The second-order valence-electron chi connectivity index (χ2n) is 4.98. The van der Waals surface area contributed by atoms with Crippen LogP contribution < -0.4 is 0 Å². The Morgan fingerprint density at radius 2 is 2.07 bits per heavy atom. The highest BCUT2D eigenvalue weighted by molar-refractivity contribution is 5.67. The summed E-state index contributed by atoms with van der Waals surface area (Å²) in [6.07, 6.45) is 0.662. The third-order valence-corrected chi connectivity index (χ3v) is 3.38. The number of rotatable bonds is 1. The lowest BCUT2D eigenvalue weighted by molar-refractivity contribution is -0.0113. The van der Waals surface area contributed by atoms with Crippen LogP contribution in [0.25, 0.3) is 0 Å². The Hall–Kier alpha value is -0.770. The highest BCUT2D eigenvalue weighted by Crippen LogP contribution is 2.43. The molecule has 1 rings (SSSR count). The van der Waals surface area contributed by atoms with Crippen molar-refractivity contribution < 1.29 is 15.0 Å². The van der Waals surface area contributed by atoms with Gasteiger partial charge in [-0.2, -0.15) is 0 Å². The van der Waals surface area contributed by atoms with Crippen LogP contribution in [0.3, 0.4) is 0 Å². The molecule has 0 unspecified atom stereocenters. The summed E-state index contributed by atoms with van der Waals surface area (Å²) in [6.45, 7) is 6.37. The minimum atomic E-state index is -0.925. The van der Waals surface area contributed by atoms with Crippen molar-refractivity contribution in [3.8, 4) is 0 Å². The fraction of sp³-hybridized carbons (Fsp3) is 0.900. The van der Waals surface area contributed by atoms with E-state index in [1.54, 1.807) is 0 Å². The van der Waals surface area contributed by atoms with Crippen LogP contribution in [0.1, 0.15) is 33.6 Å². The lowest BCUT2D eigenvalue weighted by Crippen LogP contribution is -2.57. The van der Waals surface area contributed by atoms with Crippen molar-refractivity contribution in [2.24, 2.45) is 5.41 Å². The molecule has 1 aliphatic rings. The van der Waals surface area contributed by atoms with Gasteiger partial charge in [0.2, 0.25) is 0 Å². The van der Waals surface area contributed by atoms with Crippen LogP contribution >= 0.6 is 0 Å². The molecule has 14 heavy (non-hydrogen) atoms. The molecule has 0 aromatic rings. The molecule has 2 N–H and O–H groups in total. The molecule has 0 aliphatic carbocycles. The average Bonchev–Trinajstić information content (AvgIpc) is 2.46. The average molecular weight is 201 g/mol. The summed E-state index contributed by atoms with van der Waals surface area (Å²) in [6, 6.07) is 0. The number of likely N-dealkylation sites (tertiary alicyclic amines) is 1. The first kappa shape index (κ1) is 11.3. The number of nitrogens with zero attached hydrogens (tertiary/aromatic N) is 1. The van der Waals surface area contributed by atoms with Crippen molar-refractivity contribution in [3.05, 3.63) is 0 Å². The molecule has 0 radical (unpaired) electrons. The molecule has 0 spiro atoms. The highest BCUT2D eigenvalue weighted by atomic mass is 16.4. The van der Waals surface area contributed by atoms with Crippen molar-refractivity contribution in [1.82, 2.24) is 4.90 Å². The maximum absolute atomic E-state index is 11.0. The second-order valence-corrected chi connectivity index (χ2v) is 4.98. The van der Waals surface area contributed by atoms with Gasteiger partial charge in [-0.15, -0.1) is 0 Å². The molecular formula is C10H19NO3. The molecule has 0 aromatic heterocycles. The zero-order valence-corrected chi connectivity index (χ0v) is 9.08. The summed E-state index contributed by atoms with van der Waals surface area (Å²) in [5, 5.41) is 18.5. The predicted molar refractivity (Wildman–Crippen MR) is 53.2 cm³/mol. The standard InChI is InChI=1S/C10H19NO3/c1-9(2,3)10(7-12)5-4-6-11(10)8(13)14/h12H,4-7H2,1-3H3,(H,13,14)/t10-/m1/s1. The van der Waals surface area contributed by atoms with E-state index in [2.05, 4.69) is 0 Å². The van der Waals surface area contributed by atoms with Crippen LogP contribution in [0.4, 0.5) is 4.79 Å². The third kappa shape index (κ3) is 1.47. The minimum Gasteiger partial charge on any atom is -0.465 e. The molecule has 1 heterocycles. The van der Waals surface area contributed by atoms with Gasteiger partial charge in [0.05, 0.1) is 12.1 Å². The van der Waals surface area contributed by atoms with E-state index in [-0.39, 0.29) is 12.0 Å². The van der Waals surface area contributed by atoms with Gasteiger partial charge in [0.15, 0.2) is 0 Å². The summed E-state index contributed by atoms with van der Waals surface area (Å²) < 4.78 is 0. The molecule has 0 aromatic carbocycles. The molecule has 0 bridgehead atoms. The first-order valence-electron chi connectivity index (χ1n) is 4.96. The molecular weight excluding hydrogens is 182 g/mol. The Bertz CT molecular complexity index is 234. The van der Waals surface area contributed by atoms with Gasteiger partial charge < -0.3 is 10.2 Å². The molecule has 0 saturated carbocycles. The van der Waals surface area contributed by atoms with Crippen LogP contribution in [0.15, 0.2) is 0 Å². The van der Waals surface area contributed by atoms with Gasteiger partial charge in [-0.1, -0.05) is 20.8 Å². The van der Waals surface area contributed by atoms with Crippen LogP contribution in [-0.4, -0.2) is 39.9 Å². The lowest BCUT2D eigenvalue weighted by atomic mass is 9.72. The minimum absolute atomic E-state index is 0.0944. The Morgan fingerprint density at radius 3 is 2.36 bits per heavy atom. The number of hydrogen-bond acceptors (Lipinski definition) is 2. The van der Waals surface area contributed by atoms with Gasteiger partial charge in [0, 0.05) is 6.54 Å². The van der Waals surface area contributed by atoms with Gasteiger partial charge in [-0.3, -0.25) is 4.90 Å². The summed E-state index contributed by atoms with van der Waals surface area (Å²) in [4.78, 5) is 12.4. The topological polar surface area (TPSA) is 60.8 Å². The number of carbonyl (C=O) groups is 1. The normalized spacial score (nSPS) is 28.1. The van der Waals surface area contributed by atoms with E-state index in [0.29, 0.717) is 6.54 Å².